The van der Waals surface area contributed by atoms with Gasteiger partial charge in [0.1, 0.15) is 0 Å². The van der Waals surface area contributed by atoms with Crippen LogP contribution in [0.4, 0.5) is 5.69 Å². The van der Waals surface area contributed by atoms with Crippen LogP contribution in [0.15, 0.2) is 48.7 Å². The zero-order valence-corrected chi connectivity index (χ0v) is 18.0. The number of pyridine rings is 1. The minimum Gasteiger partial charge on any atom is -0.465 e. The second kappa shape index (κ2) is 7.78. The Morgan fingerprint density at radius 1 is 1.13 bits per heavy atom. The van der Waals surface area contributed by atoms with Crippen LogP contribution >= 0.6 is 0 Å². The Labute approximate surface area is 176 Å². The second-order valence-electron chi connectivity index (χ2n) is 7.69. The maximum Gasteiger partial charge on any atom is 0.337 e. The predicted octanol–water partition coefficient (Wildman–Crippen LogP) is 4.90. The highest BCUT2D eigenvalue weighted by Gasteiger charge is 2.17. The van der Waals surface area contributed by atoms with Crippen LogP contribution in [0.1, 0.15) is 31.1 Å². The summed E-state index contributed by atoms with van der Waals surface area (Å²) in [5.74, 6) is -0.349. The molecule has 30 heavy (non-hydrogen) atoms. The summed E-state index contributed by atoms with van der Waals surface area (Å²) >= 11 is 0. The van der Waals surface area contributed by atoms with Crippen molar-refractivity contribution in [1.29, 1.82) is 0 Å². The number of hydrogen-bond donors (Lipinski definition) is 0. The number of fused-ring (bicyclic) bond motifs is 2. The molecule has 0 aliphatic heterocycles. The van der Waals surface area contributed by atoms with E-state index >= 15 is 0 Å². The third-order valence-corrected chi connectivity index (χ3v) is 5.59. The Bertz CT molecular complexity index is 1240. The lowest BCUT2D eigenvalue weighted by Crippen LogP contribution is -2.26. The van der Waals surface area contributed by atoms with Crippen molar-refractivity contribution in [2.24, 2.45) is 0 Å². The first-order chi connectivity index (χ1) is 14.4. The summed E-state index contributed by atoms with van der Waals surface area (Å²) in [6.07, 6.45) is 1.90. The van der Waals surface area contributed by atoms with Crippen molar-refractivity contribution in [1.82, 2.24) is 14.8 Å². The lowest BCUT2D eigenvalue weighted by molar-refractivity contribution is 0.0601. The molecule has 4 rings (SSSR count). The molecule has 0 aliphatic rings. The lowest BCUT2D eigenvalue weighted by atomic mass is 10.0. The normalized spacial score (nSPS) is 11.4. The summed E-state index contributed by atoms with van der Waals surface area (Å²) in [5, 5.41) is 6.46. The van der Waals surface area contributed by atoms with E-state index in [2.05, 4.69) is 62.1 Å². The third kappa shape index (κ3) is 3.38. The molecule has 154 valence electrons. The molecule has 2 aromatic heterocycles. The average molecular weight is 402 g/mol. The Kier molecular flexibility index (Phi) is 5.16. The van der Waals surface area contributed by atoms with Gasteiger partial charge in [0.2, 0.25) is 0 Å². The zero-order valence-electron chi connectivity index (χ0n) is 18.0. The van der Waals surface area contributed by atoms with Crippen LogP contribution in [-0.2, 0) is 11.3 Å². The summed E-state index contributed by atoms with van der Waals surface area (Å²) in [6.45, 7) is 7.21. The van der Waals surface area contributed by atoms with Crippen molar-refractivity contribution >= 4 is 33.5 Å². The molecule has 2 aromatic carbocycles. The second-order valence-corrected chi connectivity index (χ2v) is 7.69. The van der Waals surface area contributed by atoms with E-state index in [1.807, 2.05) is 23.0 Å². The lowest BCUT2D eigenvalue weighted by Gasteiger charge is -2.26. The highest BCUT2D eigenvalue weighted by Crippen LogP contribution is 2.34. The van der Waals surface area contributed by atoms with Gasteiger partial charge in [-0.2, -0.15) is 5.10 Å². The van der Waals surface area contributed by atoms with E-state index in [1.54, 1.807) is 6.07 Å². The molecule has 6 nitrogen and oxygen atoms in total. The molecule has 0 N–H and O–H groups in total. The number of hydrogen-bond acceptors (Lipinski definition) is 5. The SMILES string of the molecule is CCn1ncc2cc(-c3nc4ccc(C(=O)OC)cc4cc3N(C)C(C)C)ccc21. The van der Waals surface area contributed by atoms with E-state index in [-0.39, 0.29) is 5.97 Å². The standard InChI is InChI=1S/C24H26N4O2/c1-6-28-21-10-8-16(11-19(21)14-25-28)23-22(27(4)15(2)3)13-18-12-17(24(29)30-5)7-9-20(18)26-23/h7-15H,6H2,1-5H3. The van der Waals surface area contributed by atoms with Crippen LogP contribution in [0.2, 0.25) is 0 Å². The molecular weight excluding hydrogens is 376 g/mol. The molecule has 0 amide bonds. The largest absolute Gasteiger partial charge is 0.465 e. The van der Waals surface area contributed by atoms with Gasteiger partial charge in [-0.05, 0) is 57.2 Å². The molecule has 0 saturated carbocycles. The monoisotopic (exact) mass is 402 g/mol. The number of methoxy groups -OCH3 is 1. The first-order valence-electron chi connectivity index (χ1n) is 10.1. The minimum atomic E-state index is -0.349. The van der Waals surface area contributed by atoms with Crippen LogP contribution < -0.4 is 4.90 Å². The number of benzene rings is 2. The fraction of sp³-hybridized carbons (Fsp3) is 0.292. The van der Waals surface area contributed by atoms with Gasteiger partial charge in [-0.1, -0.05) is 6.07 Å². The molecule has 6 heteroatoms. The summed E-state index contributed by atoms with van der Waals surface area (Å²) in [7, 11) is 3.46. The van der Waals surface area contributed by atoms with Gasteiger partial charge in [0.25, 0.3) is 0 Å². The molecule has 0 spiro atoms. The minimum absolute atomic E-state index is 0.290. The van der Waals surface area contributed by atoms with Crippen molar-refractivity contribution in [3.63, 3.8) is 0 Å². The van der Waals surface area contributed by atoms with Gasteiger partial charge < -0.3 is 9.64 Å². The van der Waals surface area contributed by atoms with E-state index < -0.39 is 0 Å². The summed E-state index contributed by atoms with van der Waals surface area (Å²) in [6, 6.07) is 14.2. The van der Waals surface area contributed by atoms with Crippen LogP contribution in [0.5, 0.6) is 0 Å². The molecular formula is C24H26N4O2. The fourth-order valence-electron chi connectivity index (χ4n) is 3.66. The maximum absolute atomic E-state index is 12.0. The number of aromatic nitrogens is 3. The first kappa shape index (κ1) is 19.9. The van der Waals surface area contributed by atoms with E-state index in [0.29, 0.717) is 11.6 Å². The number of carbonyl (C=O) groups is 1. The van der Waals surface area contributed by atoms with Crippen LogP contribution in [-0.4, -0.2) is 40.9 Å². The topological polar surface area (TPSA) is 60.3 Å². The zero-order chi connectivity index (χ0) is 21.4. The van der Waals surface area contributed by atoms with Crippen LogP contribution in [0, 0.1) is 0 Å². The Balaban J connectivity index is 1.93. The molecule has 0 unspecified atom stereocenters. The molecule has 0 bridgehead atoms. The molecule has 0 radical (unpaired) electrons. The van der Waals surface area contributed by atoms with E-state index in [4.69, 9.17) is 9.72 Å². The van der Waals surface area contributed by atoms with Gasteiger partial charge in [-0.25, -0.2) is 9.78 Å². The molecule has 2 heterocycles. The van der Waals surface area contributed by atoms with Gasteiger partial charge >= 0.3 is 5.97 Å². The predicted molar refractivity (Wildman–Crippen MR) is 121 cm³/mol. The van der Waals surface area contributed by atoms with Crippen LogP contribution in [0.3, 0.4) is 0 Å². The summed E-state index contributed by atoms with van der Waals surface area (Å²) < 4.78 is 6.86. The summed E-state index contributed by atoms with van der Waals surface area (Å²) in [5.41, 5.74) is 5.44. The summed E-state index contributed by atoms with van der Waals surface area (Å²) in [4.78, 5) is 19.2. The molecule has 0 saturated heterocycles. The molecule has 0 atom stereocenters. The molecule has 0 aliphatic carbocycles. The number of anilines is 1. The van der Waals surface area contributed by atoms with Crippen molar-refractivity contribution in [3.05, 3.63) is 54.2 Å². The number of aryl methyl sites for hydroxylation is 1. The first-order valence-corrected chi connectivity index (χ1v) is 10.1. The molecule has 0 fully saturated rings. The maximum atomic E-state index is 12.0. The highest BCUT2D eigenvalue weighted by molar-refractivity contribution is 5.97. The van der Waals surface area contributed by atoms with Crippen molar-refractivity contribution in [2.45, 2.75) is 33.4 Å². The number of nitrogens with zero attached hydrogens (tertiary/aromatic N) is 4. The van der Waals surface area contributed by atoms with Crippen molar-refractivity contribution in [3.8, 4) is 11.3 Å². The Morgan fingerprint density at radius 3 is 2.63 bits per heavy atom. The Morgan fingerprint density at radius 2 is 1.93 bits per heavy atom. The van der Waals surface area contributed by atoms with Gasteiger partial charge in [-0.3, -0.25) is 4.68 Å². The van der Waals surface area contributed by atoms with Gasteiger partial charge in [0.15, 0.2) is 0 Å². The Hall–Kier alpha value is -3.41. The van der Waals surface area contributed by atoms with E-state index in [9.17, 15) is 4.79 Å². The third-order valence-electron chi connectivity index (χ3n) is 5.59. The van der Waals surface area contributed by atoms with Gasteiger partial charge in [0.05, 0.1) is 41.3 Å². The number of ether oxygens (including phenoxy) is 1. The van der Waals surface area contributed by atoms with E-state index in [0.717, 1.165) is 45.3 Å². The molecule has 4 aromatic rings. The van der Waals surface area contributed by atoms with Crippen molar-refractivity contribution in [2.75, 3.05) is 19.1 Å². The quantitative estimate of drug-likeness (QED) is 0.444. The fourth-order valence-corrected chi connectivity index (χ4v) is 3.66. The number of carbonyl (C=O) groups excluding carboxylic acids is 1. The average Bonchev–Trinajstić information content (AvgIpc) is 3.18. The van der Waals surface area contributed by atoms with Gasteiger partial charge in [0, 0.05) is 36.0 Å². The number of rotatable bonds is 5. The smallest absolute Gasteiger partial charge is 0.337 e. The van der Waals surface area contributed by atoms with Gasteiger partial charge in [-0.15, -0.1) is 0 Å². The number of esters is 1. The highest BCUT2D eigenvalue weighted by atomic mass is 16.5. The van der Waals surface area contributed by atoms with Crippen molar-refractivity contribution < 1.29 is 9.53 Å². The van der Waals surface area contributed by atoms with Crippen LogP contribution in [0.25, 0.3) is 33.1 Å². The van der Waals surface area contributed by atoms with E-state index in [1.165, 1.54) is 7.11 Å².